The van der Waals surface area contributed by atoms with Gasteiger partial charge in [-0.25, -0.2) is 5.43 Å². The van der Waals surface area contributed by atoms with Crippen molar-refractivity contribution >= 4 is 23.4 Å². The molecule has 2 unspecified atom stereocenters. The van der Waals surface area contributed by atoms with E-state index in [1.807, 2.05) is 23.1 Å². The van der Waals surface area contributed by atoms with Gasteiger partial charge >= 0.3 is 6.18 Å². The first-order chi connectivity index (χ1) is 19.9. The fourth-order valence-corrected chi connectivity index (χ4v) is 5.24. The average Bonchev–Trinajstić information content (AvgIpc) is 3.26. The van der Waals surface area contributed by atoms with Crippen LogP contribution in [0, 0.1) is 5.21 Å². The number of benzene rings is 3. The van der Waals surface area contributed by atoms with Crippen molar-refractivity contribution < 1.29 is 32.3 Å². The highest BCUT2D eigenvalue weighted by Crippen LogP contribution is 2.37. The topological polar surface area (TPSA) is 91.3 Å². The first-order valence-corrected chi connectivity index (χ1v) is 13.5. The minimum Gasteiger partial charge on any atom is -0.542 e. The number of hydrazine groups is 1. The second-order valence-electron chi connectivity index (χ2n) is 10.3. The number of nitrogens with zero attached hydrogens (tertiary/aromatic N) is 4. The Bertz CT molecular complexity index is 1450. The van der Waals surface area contributed by atoms with Crippen LogP contribution in [-0.4, -0.2) is 56.5 Å². The zero-order valence-electron chi connectivity index (χ0n) is 22.6. The van der Waals surface area contributed by atoms with Crippen molar-refractivity contribution in [1.29, 1.82) is 0 Å². The first-order valence-electron chi connectivity index (χ1n) is 13.2. The van der Waals surface area contributed by atoms with Gasteiger partial charge in [-0.3, -0.25) is 19.4 Å². The van der Waals surface area contributed by atoms with Crippen LogP contribution < -0.4 is 5.43 Å². The molecule has 0 radical (unpaired) electrons. The molecule has 1 saturated heterocycles. The number of amides is 1. The van der Waals surface area contributed by atoms with Crippen LogP contribution >= 0.6 is 11.8 Å². The normalized spacial score (nSPS) is 21.4. The van der Waals surface area contributed by atoms with Crippen molar-refractivity contribution in [3.05, 3.63) is 113 Å². The highest BCUT2D eigenvalue weighted by Gasteiger charge is 2.46. The molecule has 3 aromatic carbocycles. The van der Waals surface area contributed by atoms with Gasteiger partial charge in [-0.1, -0.05) is 59.7 Å². The summed E-state index contributed by atoms with van der Waals surface area (Å²) in [4.78, 5) is 23.4. The third kappa shape index (κ3) is 6.18. The SMILES string of the molecule is CC(C(=O)NN1C=C(c2ccc(C(F)(F)F)cc2)O[N+]1([O-])Cl)(c1cccc(O)c1)N1CCN(Cc2ccccc2)CC1. The fraction of sp³-hybridized carbons (Fsp3) is 0.276. The number of carbonyl (C=O) groups excluding carboxylic acids is 1. The molecule has 2 aliphatic heterocycles. The van der Waals surface area contributed by atoms with E-state index in [4.69, 9.17) is 16.6 Å². The molecule has 0 spiro atoms. The molecule has 3 aromatic rings. The van der Waals surface area contributed by atoms with Crippen molar-refractivity contribution in [3.8, 4) is 5.75 Å². The molecular formula is C29H29ClF3N5O4. The Hall–Kier alpha value is -3.81. The van der Waals surface area contributed by atoms with Gasteiger partial charge in [0.1, 0.15) is 17.5 Å². The summed E-state index contributed by atoms with van der Waals surface area (Å²) >= 11 is 6.01. The Morgan fingerprint density at radius 1 is 1.00 bits per heavy atom. The summed E-state index contributed by atoms with van der Waals surface area (Å²) in [6.07, 6.45) is -3.42. The maximum absolute atomic E-state index is 14.0. The van der Waals surface area contributed by atoms with Gasteiger partial charge in [0.15, 0.2) is 0 Å². The van der Waals surface area contributed by atoms with Crippen LogP contribution in [0.15, 0.2) is 85.1 Å². The van der Waals surface area contributed by atoms with Crippen LogP contribution in [-0.2, 0) is 27.9 Å². The molecule has 42 heavy (non-hydrogen) atoms. The second kappa shape index (κ2) is 11.5. The van der Waals surface area contributed by atoms with E-state index in [1.165, 1.54) is 17.7 Å². The Balaban J connectivity index is 1.37. The summed E-state index contributed by atoms with van der Waals surface area (Å²) < 4.78 is 36.9. The quantitative estimate of drug-likeness (QED) is 0.287. The van der Waals surface area contributed by atoms with Crippen molar-refractivity contribution in [2.24, 2.45) is 0 Å². The number of halogens is 4. The Morgan fingerprint density at radius 3 is 2.29 bits per heavy atom. The molecule has 2 N–H and O–H groups in total. The lowest BCUT2D eigenvalue weighted by Gasteiger charge is -2.45. The number of phenols is 1. The maximum atomic E-state index is 14.0. The second-order valence-corrected chi connectivity index (χ2v) is 10.7. The monoisotopic (exact) mass is 603 g/mol. The number of phenolic OH excluding ortho intramolecular Hbond substituents is 1. The summed E-state index contributed by atoms with van der Waals surface area (Å²) in [5.74, 6) is -0.797. The molecule has 2 heterocycles. The molecule has 2 aliphatic rings. The van der Waals surface area contributed by atoms with Gasteiger partial charge in [0.05, 0.1) is 10.0 Å². The number of nitrogens with one attached hydrogen (secondary N) is 1. The number of alkyl halides is 3. The molecule has 0 aromatic heterocycles. The molecule has 1 fully saturated rings. The molecule has 9 nitrogen and oxygen atoms in total. The Labute approximate surface area is 245 Å². The number of quaternary nitrogens is 1. The van der Waals surface area contributed by atoms with Gasteiger partial charge in [-0.05, 0) is 42.3 Å². The van der Waals surface area contributed by atoms with E-state index in [0.717, 1.165) is 37.0 Å². The van der Waals surface area contributed by atoms with Gasteiger partial charge < -0.3 is 10.3 Å². The van der Waals surface area contributed by atoms with Gasteiger partial charge in [-0.2, -0.15) is 13.2 Å². The molecule has 0 bridgehead atoms. The Morgan fingerprint density at radius 2 is 1.67 bits per heavy atom. The number of piperazine rings is 1. The van der Waals surface area contributed by atoms with E-state index in [1.54, 1.807) is 19.1 Å². The van der Waals surface area contributed by atoms with Crippen LogP contribution in [0.5, 0.6) is 5.75 Å². The zero-order valence-corrected chi connectivity index (χ0v) is 23.3. The lowest BCUT2D eigenvalue weighted by Crippen LogP contribution is -2.63. The van der Waals surface area contributed by atoms with Crippen molar-refractivity contribution in [1.82, 2.24) is 20.3 Å². The van der Waals surface area contributed by atoms with Crippen LogP contribution in [0.2, 0.25) is 0 Å². The summed E-state index contributed by atoms with van der Waals surface area (Å²) in [5.41, 5.74) is 2.12. The van der Waals surface area contributed by atoms with E-state index in [0.29, 0.717) is 36.9 Å². The predicted molar refractivity (Wildman–Crippen MR) is 149 cm³/mol. The van der Waals surface area contributed by atoms with E-state index < -0.39 is 27.6 Å². The minimum atomic E-state index is -4.53. The van der Waals surface area contributed by atoms with Gasteiger partial charge in [-0.15, -0.1) is 0 Å². The highest BCUT2D eigenvalue weighted by molar-refractivity contribution is 6.06. The summed E-state index contributed by atoms with van der Waals surface area (Å²) in [5, 5.41) is 23.9. The van der Waals surface area contributed by atoms with Crippen molar-refractivity contribution in [3.63, 3.8) is 0 Å². The molecular weight excluding hydrogens is 575 g/mol. The lowest BCUT2D eigenvalue weighted by molar-refractivity contribution is -1.04. The largest absolute Gasteiger partial charge is 0.542 e. The third-order valence-corrected chi connectivity index (χ3v) is 7.76. The smallest absolute Gasteiger partial charge is 0.416 e. The van der Waals surface area contributed by atoms with Crippen LogP contribution in [0.4, 0.5) is 13.2 Å². The molecule has 5 rings (SSSR count). The molecule has 2 atom stereocenters. The fourth-order valence-electron chi connectivity index (χ4n) is 5.09. The Kier molecular flexibility index (Phi) is 8.10. The van der Waals surface area contributed by atoms with Crippen molar-refractivity contribution in [2.45, 2.75) is 25.2 Å². The number of aromatic hydroxyl groups is 1. The summed E-state index contributed by atoms with van der Waals surface area (Å²) in [7, 11) is 0. The number of hydrogen-bond acceptors (Lipinski definition) is 7. The van der Waals surface area contributed by atoms with E-state index in [9.17, 15) is 28.3 Å². The van der Waals surface area contributed by atoms with Gasteiger partial charge in [0, 0.05) is 38.3 Å². The molecule has 0 saturated carbocycles. The molecule has 1 amide bonds. The van der Waals surface area contributed by atoms with Crippen LogP contribution in [0.25, 0.3) is 5.76 Å². The number of rotatable bonds is 7. The van der Waals surface area contributed by atoms with Crippen LogP contribution in [0.1, 0.15) is 29.2 Å². The lowest BCUT2D eigenvalue weighted by atomic mass is 9.88. The van der Waals surface area contributed by atoms with Gasteiger partial charge in [0.25, 0.3) is 17.7 Å². The summed E-state index contributed by atoms with van der Waals surface area (Å²) in [6, 6.07) is 20.3. The molecule has 0 aliphatic carbocycles. The zero-order chi connectivity index (χ0) is 30.1. The standard InChI is InChI=1S/C29H29ClF3N5O4/c1-28(24-8-5-9-25(39)18-24,36-16-14-35(15-17-36)19-21-6-3-2-4-7-21)27(40)34-37-20-26(42-38(37,30)41)22-10-12-23(13-11-22)29(31,32)33/h2-13,18,20,39H,14-17,19H2,1H3,(H,34,40). The predicted octanol–water partition coefficient (Wildman–Crippen LogP) is 5.10. The van der Waals surface area contributed by atoms with Crippen molar-refractivity contribution in [2.75, 3.05) is 26.2 Å². The first kappa shape index (κ1) is 29.7. The van der Waals surface area contributed by atoms with Gasteiger partial charge in [0.2, 0.25) is 5.76 Å². The van der Waals surface area contributed by atoms with E-state index in [-0.39, 0.29) is 17.1 Å². The number of hydrogen-bond donors (Lipinski definition) is 2. The van der Waals surface area contributed by atoms with Crippen LogP contribution in [0.3, 0.4) is 0 Å². The average molecular weight is 604 g/mol. The number of carbonyl (C=O) groups is 1. The minimum absolute atomic E-state index is 0.0328. The highest BCUT2D eigenvalue weighted by atomic mass is 35.5. The maximum Gasteiger partial charge on any atom is 0.416 e. The molecule has 222 valence electrons. The van der Waals surface area contributed by atoms with E-state index >= 15 is 0 Å². The summed E-state index contributed by atoms with van der Waals surface area (Å²) in [6.45, 7) is 4.79. The third-order valence-electron chi connectivity index (χ3n) is 7.52. The van der Waals surface area contributed by atoms with E-state index in [2.05, 4.69) is 22.5 Å². The molecule has 13 heteroatoms.